The van der Waals surface area contributed by atoms with Crippen LogP contribution in [0.15, 0.2) is 0 Å². The topological polar surface area (TPSA) is 12.5 Å². The number of hydroxylamine groups is 2. The van der Waals surface area contributed by atoms with Crippen molar-refractivity contribution in [2.45, 2.75) is 27.2 Å². The molecule has 1 aliphatic heterocycles. The van der Waals surface area contributed by atoms with E-state index in [-0.39, 0.29) is 0 Å². The molecule has 0 aromatic rings. The molecule has 1 rings (SSSR count). The molecule has 2 heteroatoms. The quantitative estimate of drug-likeness (QED) is 0.553. The molecule has 1 saturated heterocycles. The average Bonchev–Trinajstić information content (AvgIpc) is 2.12. The van der Waals surface area contributed by atoms with Gasteiger partial charge < -0.3 is 0 Å². The summed E-state index contributed by atoms with van der Waals surface area (Å²) in [7, 11) is 0. The van der Waals surface area contributed by atoms with E-state index in [1.54, 1.807) is 0 Å². The smallest absolute Gasteiger partial charge is 0.0698 e. The van der Waals surface area contributed by atoms with Crippen LogP contribution in [0.25, 0.3) is 0 Å². The summed E-state index contributed by atoms with van der Waals surface area (Å²) >= 11 is 0. The van der Waals surface area contributed by atoms with Gasteiger partial charge in [0, 0.05) is 13.1 Å². The van der Waals surface area contributed by atoms with E-state index in [1.807, 2.05) is 0 Å². The molecule has 10 heavy (non-hydrogen) atoms. The Bertz CT molecular complexity index is 100. The molecule has 1 heterocycles. The SMILES string of the molecule is CC(C)(C)CN1CCCO1. The number of hydrogen-bond acceptors (Lipinski definition) is 2. The Hall–Kier alpha value is -0.0800. The minimum atomic E-state index is 0.365. The van der Waals surface area contributed by atoms with Crippen LogP contribution in [-0.4, -0.2) is 24.8 Å². The van der Waals surface area contributed by atoms with Crippen molar-refractivity contribution in [2.24, 2.45) is 5.41 Å². The van der Waals surface area contributed by atoms with Gasteiger partial charge in [0.1, 0.15) is 0 Å². The van der Waals surface area contributed by atoms with Crippen molar-refractivity contribution in [3.05, 3.63) is 0 Å². The summed E-state index contributed by atoms with van der Waals surface area (Å²) in [4.78, 5) is 5.36. The molecule has 0 bridgehead atoms. The summed E-state index contributed by atoms with van der Waals surface area (Å²) < 4.78 is 0. The van der Waals surface area contributed by atoms with Crippen molar-refractivity contribution >= 4 is 0 Å². The van der Waals surface area contributed by atoms with Crippen molar-refractivity contribution in [2.75, 3.05) is 19.7 Å². The maximum absolute atomic E-state index is 5.36. The highest BCUT2D eigenvalue weighted by Crippen LogP contribution is 2.17. The Labute approximate surface area is 63.1 Å². The van der Waals surface area contributed by atoms with Gasteiger partial charge in [-0.1, -0.05) is 20.8 Å². The van der Waals surface area contributed by atoms with E-state index in [9.17, 15) is 0 Å². The minimum Gasteiger partial charge on any atom is -0.299 e. The maximum atomic E-state index is 5.36. The molecule has 0 saturated carbocycles. The molecule has 1 fully saturated rings. The van der Waals surface area contributed by atoms with E-state index in [4.69, 9.17) is 4.84 Å². The number of rotatable bonds is 1. The van der Waals surface area contributed by atoms with Gasteiger partial charge >= 0.3 is 0 Å². The minimum absolute atomic E-state index is 0.365. The lowest BCUT2D eigenvalue weighted by molar-refractivity contribution is -0.126. The molecule has 2 nitrogen and oxygen atoms in total. The lowest BCUT2D eigenvalue weighted by Crippen LogP contribution is -2.29. The first-order valence-electron chi connectivity index (χ1n) is 3.96. The molecular formula is C8H17NO. The van der Waals surface area contributed by atoms with E-state index < -0.39 is 0 Å². The second kappa shape index (κ2) is 2.89. The Balaban J connectivity index is 2.24. The predicted octanol–water partition coefficient (Wildman–Crippen LogP) is 1.67. The molecule has 0 aliphatic carbocycles. The molecule has 0 spiro atoms. The highest BCUT2D eigenvalue weighted by Gasteiger charge is 2.19. The largest absolute Gasteiger partial charge is 0.299 e. The third-order valence-corrected chi connectivity index (χ3v) is 1.48. The van der Waals surface area contributed by atoms with Crippen LogP contribution in [0.3, 0.4) is 0 Å². The van der Waals surface area contributed by atoms with Gasteiger partial charge in [-0.3, -0.25) is 4.84 Å². The van der Waals surface area contributed by atoms with Crippen LogP contribution in [0.1, 0.15) is 27.2 Å². The number of hydrogen-bond donors (Lipinski definition) is 0. The zero-order valence-electron chi connectivity index (χ0n) is 7.18. The third kappa shape index (κ3) is 2.67. The highest BCUT2D eigenvalue weighted by atomic mass is 16.7. The fourth-order valence-corrected chi connectivity index (χ4v) is 1.15. The van der Waals surface area contributed by atoms with Gasteiger partial charge in [-0.05, 0) is 11.8 Å². The van der Waals surface area contributed by atoms with E-state index >= 15 is 0 Å². The van der Waals surface area contributed by atoms with Gasteiger partial charge in [0.15, 0.2) is 0 Å². The highest BCUT2D eigenvalue weighted by molar-refractivity contribution is 4.66. The van der Waals surface area contributed by atoms with Crippen LogP contribution in [0.5, 0.6) is 0 Å². The zero-order valence-corrected chi connectivity index (χ0v) is 7.18. The standard InChI is InChI=1S/C8H17NO/c1-8(2,3)7-9-5-4-6-10-9/h4-7H2,1-3H3. The van der Waals surface area contributed by atoms with Crippen LogP contribution in [0.2, 0.25) is 0 Å². The monoisotopic (exact) mass is 143 g/mol. The molecule has 0 N–H and O–H groups in total. The number of nitrogens with zero attached hydrogens (tertiary/aromatic N) is 1. The van der Waals surface area contributed by atoms with Gasteiger partial charge in [0.25, 0.3) is 0 Å². The normalized spacial score (nSPS) is 21.9. The second-order valence-electron chi connectivity index (χ2n) is 4.11. The van der Waals surface area contributed by atoms with Crippen LogP contribution in [-0.2, 0) is 4.84 Å². The van der Waals surface area contributed by atoms with Gasteiger partial charge in [-0.25, -0.2) is 0 Å². The fraction of sp³-hybridized carbons (Fsp3) is 1.00. The van der Waals surface area contributed by atoms with Gasteiger partial charge in [0.2, 0.25) is 0 Å². The lowest BCUT2D eigenvalue weighted by atomic mass is 9.97. The summed E-state index contributed by atoms with van der Waals surface area (Å²) in [6.07, 6.45) is 1.19. The molecule has 0 amide bonds. The zero-order chi connectivity index (χ0) is 7.61. The van der Waals surface area contributed by atoms with E-state index in [0.29, 0.717) is 5.41 Å². The van der Waals surface area contributed by atoms with Crippen molar-refractivity contribution in [3.63, 3.8) is 0 Å². The molecule has 0 unspecified atom stereocenters. The molecule has 60 valence electrons. The Morgan fingerprint density at radius 3 is 2.50 bits per heavy atom. The summed E-state index contributed by atoms with van der Waals surface area (Å²) in [5.41, 5.74) is 0.365. The van der Waals surface area contributed by atoms with Crippen LogP contribution in [0, 0.1) is 5.41 Å². The van der Waals surface area contributed by atoms with Crippen molar-refractivity contribution in [1.29, 1.82) is 0 Å². The molecule has 0 aromatic carbocycles. The average molecular weight is 143 g/mol. The first kappa shape index (κ1) is 8.02. The molecule has 0 atom stereocenters. The van der Waals surface area contributed by atoms with Crippen LogP contribution in [0.4, 0.5) is 0 Å². The molecule has 0 radical (unpaired) electrons. The first-order valence-corrected chi connectivity index (χ1v) is 3.96. The van der Waals surface area contributed by atoms with Crippen molar-refractivity contribution in [1.82, 2.24) is 5.06 Å². The first-order chi connectivity index (χ1) is 4.58. The van der Waals surface area contributed by atoms with Gasteiger partial charge in [-0.15, -0.1) is 0 Å². The van der Waals surface area contributed by atoms with Crippen LogP contribution < -0.4 is 0 Å². The Kier molecular flexibility index (Phi) is 2.32. The third-order valence-electron chi connectivity index (χ3n) is 1.48. The van der Waals surface area contributed by atoms with Crippen molar-refractivity contribution < 1.29 is 4.84 Å². The summed E-state index contributed by atoms with van der Waals surface area (Å²) in [5.74, 6) is 0. The van der Waals surface area contributed by atoms with Crippen molar-refractivity contribution in [3.8, 4) is 0 Å². The van der Waals surface area contributed by atoms with E-state index in [1.165, 1.54) is 6.42 Å². The fourth-order valence-electron chi connectivity index (χ4n) is 1.15. The molecule has 0 aromatic heterocycles. The van der Waals surface area contributed by atoms with Gasteiger partial charge in [-0.2, -0.15) is 5.06 Å². The molecular weight excluding hydrogens is 126 g/mol. The van der Waals surface area contributed by atoms with E-state index in [2.05, 4.69) is 25.8 Å². The van der Waals surface area contributed by atoms with Crippen LogP contribution >= 0.6 is 0 Å². The van der Waals surface area contributed by atoms with E-state index in [0.717, 1.165) is 19.7 Å². The van der Waals surface area contributed by atoms with Gasteiger partial charge in [0.05, 0.1) is 6.61 Å². The summed E-state index contributed by atoms with van der Waals surface area (Å²) in [6, 6.07) is 0. The lowest BCUT2D eigenvalue weighted by Gasteiger charge is -2.24. The Morgan fingerprint density at radius 1 is 1.40 bits per heavy atom. The summed E-state index contributed by atoms with van der Waals surface area (Å²) in [6.45, 7) is 9.76. The Morgan fingerprint density at radius 2 is 2.10 bits per heavy atom. The predicted molar refractivity (Wildman–Crippen MR) is 41.6 cm³/mol. The maximum Gasteiger partial charge on any atom is 0.0698 e. The molecule has 1 aliphatic rings. The summed E-state index contributed by atoms with van der Waals surface area (Å²) in [5, 5.41) is 2.07. The second-order valence-corrected chi connectivity index (χ2v) is 4.11.